The lowest BCUT2D eigenvalue weighted by Crippen LogP contribution is -2.14. The van der Waals surface area contributed by atoms with Crippen LogP contribution in [0.15, 0.2) is 238 Å². The lowest BCUT2D eigenvalue weighted by atomic mass is 10.00. The SMILES string of the molecule is c1ccc(Nc2ccccc2Sc2cccc(-c3ccc4c(c3)c3cc(-c5ccc6c(c5)Sc5ccccc5N6c5ccccc5)ccc3n4-c3ccccc3)c2)cc1. The molecule has 0 amide bonds. The van der Waals surface area contributed by atoms with Crippen molar-refractivity contribution in [2.45, 2.75) is 19.6 Å². The van der Waals surface area contributed by atoms with Gasteiger partial charge in [0.25, 0.3) is 0 Å². The Kier molecular flexibility index (Phi) is 9.03. The number of hydrogen-bond donors (Lipinski definition) is 1. The first-order valence-corrected chi connectivity index (χ1v) is 21.5. The van der Waals surface area contributed by atoms with E-state index in [1.807, 2.05) is 17.8 Å². The third-order valence-corrected chi connectivity index (χ3v) is 13.2. The van der Waals surface area contributed by atoms with Crippen molar-refractivity contribution in [2.24, 2.45) is 0 Å². The standard InChI is InChI=1S/C54H37N3S2/c1-4-16-41(17-5-1)55-47-23-10-12-25-52(47)58-44-22-14-15-37(33-44)38-27-30-48-45(34-38)46-35-39(28-31-49(46)56(48)42-18-6-2-7-19-42)40-29-32-51-54(36-40)59-53-26-13-11-24-50(53)57(51)43-20-8-3-9-21-43/h1-36,55H. The van der Waals surface area contributed by atoms with Gasteiger partial charge in [-0.15, -0.1) is 0 Å². The number of para-hydroxylation sites is 5. The molecule has 0 saturated carbocycles. The van der Waals surface area contributed by atoms with Gasteiger partial charge in [-0.1, -0.05) is 133 Å². The molecular formula is C54H37N3S2. The summed E-state index contributed by atoms with van der Waals surface area (Å²) in [6.07, 6.45) is 0. The molecule has 0 bridgehead atoms. The van der Waals surface area contributed by atoms with Gasteiger partial charge in [-0.25, -0.2) is 0 Å². The predicted octanol–water partition coefficient (Wildman–Crippen LogP) is 15.9. The van der Waals surface area contributed by atoms with E-state index in [4.69, 9.17) is 0 Å². The molecule has 0 aliphatic carbocycles. The highest BCUT2D eigenvalue weighted by atomic mass is 32.2. The van der Waals surface area contributed by atoms with Gasteiger partial charge in [-0.05, 0) is 131 Å². The summed E-state index contributed by atoms with van der Waals surface area (Å²) in [7, 11) is 0. The van der Waals surface area contributed by atoms with Gasteiger partial charge in [0.15, 0.2) is 0 Å². The number of anilines is 5. The summed E-state index contributed by atoms with van der Waals surface area (Å²) in [5.41, 5.74) is 14.1. The van der Waals surface area contributed by atoms with Crippen LogP contribution in [-0.2, 0) is 0 Å². The maximum Gasteiger partial charge on any atom is 0.0602 e. The van der Waals surface area contributed by atoms with Crippen LogP contribution in [0.4, 0.5) is 28.4 Å². The number of aromatic nitrogens is 1. The zero-order chi connectivity index (χ0) is 39.1. The highest BCUT2D eigenvalue weighted by Gasteiger charge is 2.25. The number of nitrogens with one attached hydrogen (secondary N) is 1. The normalized spacial score (nSPS) is 12.0. The minimum absolute atomic E-state index is 1.08. The molecule has 0 saturated heterocycles. The number of hydrogen-bond acceptors (Lipinski definition) is 4. The van der Waals surface area contributed by atoms with Crippen molar-refractivity contribution in [1.82, 2.24) is 4.57 Å². The summed E-state index contributed by atoms with van der Waals surface area (Å²) in [4.78, 5) is 7.26. The fourth-order valence-corrected chi connectivity index (χ4v) is 10.3. The lowest BCUT2D eigenvalue weighted by Gasteiger charge is -2.33. The second-order valence-corrected chi connectivity index (χ2v) is 16.9. The van der Waals surface area contributed by atoms with Crippen LogP contribution in [0.2, 0.25) is 0 Å². The number of nitrogens with zero attached hydrogens (tertiary/aromatic N) is 2. The lowest BCUT2D eigenvalue weighted by molar-refractivity contribution is 1.17. The number of benzene rings is 9. The van der Waals surface area contributed by atoms with E-state index in [0.717, 1.165) is 22.7 Å². The van der Waals surface area contributed by atoms with Crippen LogP contribution in [0, 0.1) is 0 Å². The van der Waals surface area contributed by atoms with Crippen LogP contribution < -0.4 is 10.2 Å². The fraction of sp³-hybridized carbons (Fsp3) is 0. The molecule has 10 aromatic rings. The Morgan fingerprint density at radius 1 is 0.407 bits per heavy atom. The maximum absolute atomic E-state index is 3.61. The van der Waals surface area contributed by atoms with E-state index >= 15 is 0 Å². The molecule has 59 heavy (non-hydrogen) atoms. The van der Waals surface area contributed by atoms with Crippen LogP contribution in [-0.4, -0.2) is 4.57 Å². The molecule has 1 aliphatic rings. The minimum atomic E-state index is 1.08. The first-order chi connectivity index (χ1) is 29.2. The Balaban J connectivity index is 0.992. The van der Waals surface area contributed by atoms with Crippen molar-refractivity contribution >= 4 is 73.8 Å². The zero-order valence-corrected chi connectivity index (χ0v) is 33.6. The van der Waals surface area contributed by atoms with Gasteiger partial charge in [0.1, 0.15) is 0 Å². The van der Waals surface area contributed by atoms with Gasteiger partial charge < -0.3 is 14.8 Å². The van der Waals surface area contributed by atoms with Crippen molar-refractivity contribution in [3.05, 3.63) is 218 Å². The Morgan fingerprint density at radius 2 is 0.983 bits per heavy atom. The van der Waals surface area contributed by atoms with Crippen LogP contribution >= 0.6 is 23.5 Å². The molecule has 1 aromatic heterocycles. The molecular weight excluding hydrogens is 755 g/mol. The molecule has 0 fully saturated rings. The van der Waals surface area contributed by atoms with E-state index in [-0.39, 0.29) is 0 Å². The van der Waals surface area contributed by atoms with Gasteiger partial charge in [-0.2, -0.15) is 0 Å². The number of rotatable bonds is 8. The maximum atomic E-state index is 3.61. The Morgan fingerprint density at radius 3 is 1.73 bits per heavy atom. The first kappa shape index (κ1) is 35.3. The van der Waals surface area contributed by atoms with Crippen molar-refractivity contribution in [3.8, 4) is 27.9 Å². The molecule has 0 spiro atoms. The minimum Gasteiger partial charge on any atom is -0.355 e. The van der Waals surface area contributed by atoms with Crippen molar-refractivity contribution in [2.75, 3.05) is 10.2 Å². The predicted molar refractivity (Wildman–Crippen MR) is 251 cm³/mol. The molecule has 9 aromatic carbocycles. The quantitative estimate of drug-likeness (QED) is 0.165. The molecule has 1 aliphatic heterocycles. The average molecular weight is 792 g/mol. The van der Waals surface area contributed by atoms with Crippen LogP contribution in [0.25, 0.3) is 49.7 Å². The molecule has 0 atom stereocenters. The van der Waals surface area contributed by atoms with Crippen LogP contribution in [0.3, 0.4) is 0 Å². The van der Waals surface area contributed by atoms with E-state index in [1.54, 1.807) is 11.8 Å². The van der Waals surface area contributed by atoms with Crippen molar-refractivity contribution in [1.29, 1.82) is 0 Å². The first-order valence-electron chi connectivity index (χ1n) is 19.8. The molecule has 2 heterocycles. The van der Waals surface area contributed by atoms with Gasteiger partial charge >= 0.3 is 0 Å². The zero-order valence-electron chi connectivity index (χ0n) is 32.0. The molecule has 11 rings (SSSR count). The second kappa shape index (κ2) is 15.1. The summed E-state index contributed by atoms with van der Waals surface area (Å²) >= 11 is 3.63. The smallest absolute Gasteiger partial charge is 0.0602 e. The van der Waals surface area contributed by atoms with E-state index in [1.165, 1.54) is 75.0 Å². The summed E-state index contributed by atoms with van der Waals surface area (Å²) in [5, 5.41) is 6.07. The van der Waals surface area contributed by atoms with Gasteiger partial charge in [-0.3, -0.25) is 0 Å². The highest BCUT2D eigenvalue weighted by molar-refractivity contribution is 8.00. The second-order valence-electron chi connectivity index (χ2n) is 14.7. The monoisotopic (exact) mass is 791 g/mol. The van der Waals surface area contributed by atoms with Crippen LogP contribution in [0.1, 0.15) is 0 Å². The fourth-order valence-electron chi connectivity index (χ4n) is 8.23. The van der Waals surface area contributed by atoms with E-state index in [9.17, 15) is 0 Å². The Hall–Kier alpha value is -6.92. The van der Waals surface area contributed by atoms with E-state index in [2.05, 4.69) is 227 Å². The third kappa shape index (κ3) is 6.64. The van der Waals surface area contributed by atoms with Gasteiger partial charge in [0, 0.05) is 47.4 Å². The van der Waals surface area contributed by atoms with E-state index < -0.39 is 0 Å². The molecule has 0 unspecified atom stereocenters. The molecule has 5 heteroatoms. The Labute approximate surface area is 352 Å². The summed E-state index contributed by atoms with van der Waals surface area (Å²) in [6, 6.07) is 78.7. The largest absolute Gasteiger partial charge is 0.355 e. The van der Waals surface area contributed by atoms with Crippen LogP contribution in [0.5, 0.6) is 0 Å². The molecule has 280 valence electrons. The highest BCUT2D eigenvalue weighted by Crippen LogP contribution is 2.52. The topological polar surface area (TPSA) is 20.2 Å². The molecule has 1 N–H and O–H groups in total. The van der Waals surface area contributed by atoms with E-state index in [0.29, 0.717) is 0 Å². The summed E-state index contributed by atoms with van der Waals surface area (Å²) < 4.78 is 2.40. The average Bonchev–Trinajstić information content (AvgIpc) is 3.63. The molecule has 3 nitrogen and oxygen atoms in total. The Bertz CT molecular complexity index is 3140. The van der Waals surface area contributed by atoms with Crippen molar-refractivity contribution in [3.63, 3.8) is 0 Å². The summed E-state index contributed by atoms with van der Waals surface area (Å²) in [5.74, 6) is 0. The third-order valence-electron chi connectivity index (χ3n) is 11.0. The summed E-state index contributed by atoms with van der Waals surface area (Å²) in [6.45, 7) is 0. The van der Waals surface area contributed by atoms with Crippen molar-refractivity contribution < 1.29 is 0 Å². The van der Waals surface area contributed by atoms with Gasteiger partial charge in [0.2, 0.25) is 0 Å². The number of fused-ring (bicyclic) bond motifs is 5. The van der Waals surface area contributed by atoms with Gasteiger partial charge in [0.05, 0.1) is 28.1 Å². The molecule has 0 radical (unpaired) electrons.